The lowest BCUT2D eigenvalue weighted by atomic mass is 9.97. The van der Waals surface area contributed by atoms with Crippen molar-refractivity contribution < 1.29 is 4.79 Å². The third-order valence-electron chi connectivity index (χ3n) is 3.79. The summed E-state index contributed by atoms with van der Waals surface area (Å²) in [6.45, 7) is 6.18. The molecule has 0 aliphatic heterocycles. The number of benzene rings is 1. The zero-order valence-electron chi connectivity index (χ0n) is 13.1. The molecule has 4 heteroatoms. The van der Waals surface area contributed by atoms with Gasteiger partial charge in [0.1, 0.15) is 0 Å². The van der Waals surface area contributed by atoms with Crippen LogP contribution in [0, 0.1) is 0 Å². The predicted octanol–water partition coefficient (Wildman–Crippen LogP) is 2.73. The standard InChI is InChI=1S/C17H25N3O/c1-4-9-17(2,3)20-16(21)14(18)10-12-11-19-15-8-6-5-7-13(12)15/h5-8,11,14,19H,4,9-10,18H2,1-3H3,(H,20,21). The molecule has 0 radical (unpaired) electrons. The maximum atomic E-state index is 12.2. The van der Waals surface area contributed by atoms with E-state index >= 15 is 0 Å². The van der Waals surface area contributed by atoms with Gasteiger partial charge in [0.2, 0.25) is 5.91 Å². The van der Waals surface area contributed by atoms with E-state index in [-0.39, 0.29) is 11.4 Å². The first-order valence-corrected chi connectivity index (χ1v) is 7.55. The first-order chi connectivity index (χ1) is 9.93. The summed E-state index contributed by atoms with van der Waals surface area (Å²) >= 11 is 0. The van der Waals surface area contributed by atoms with Crippen molar-refractivity contribution in [1.82, 2.24) is 10.3 Å². The lowest BCUT2D eigenvalue weighted by molar-refractivity contribution is -0.124. The third kappa shape index (κ3) is 3.85. The lowest BCUT2D eigenvalue weighted by Gasteiger charge is -2.27. The smallest absolute Gasteiger partial charge is 0.237 e. The molecule has 1 unspecified atom stereocenters. The molecule has 0 aliphatic rings. The highest BCUT2D eigenvalue weighted by Crippen LogP contribution is 2.19. The summed E-state index contributed by atoms with van der Waals surface area (Å²) < 4.78 is 0. The van der Waals surface area contributed by atoms with Crippen LogP contribution in [0.1, 0.15) is 39.2 Å². The van der Waals surface area contributed by atoms with Crippen molar-refractivity contribution in [3.63, 3.8) is 0 Å². The van der Waals surface area contributed by atoms with Crippen LogP contribution >= 0.6 is 0 Å². The van der Waals surface area contributed by atoms with Crippen molar-refractivity contribution >= 4 is 16.8 Å². The highest BCUT2D eigenvalue weighted by Gasteiger charge is 2.23. The van der Waals surface area contributed by atoms with E-state index in [9.17, 15) is 4.79 Å². The zero-order chi connectivity index (χ0) is 15.5. The highest BCUT2D eigenvalue weighted by molar-refractivity contribution is 5.86. The quantitative estimate of drug-likeness (QED) is 0.764. The van der Waals surface area contributed by atoms with Crippen LogP contribution in [-0.2, 0) is 11.2 Å². The number of hydrogen-bond donors (Lipinski definition) is 3. The molecule has 2 aromatic rings. The van der Waals surface area contributed by atoms with Gasteiger partial charge in [0.25, 0.3) is 0 Å². The van der Waals surface area contributed by atoms with Gasteiger partial charge in [-0.25, -0.2) is 0 Å². The van der Waals surface area contributed by atoms with Gasteiger partial charge in [-0.2, -0.15) is 0 Å². The third-order valence-corrected chi connectivity index (χ3v) is 3.79. The SMILES string of the molecule is CCCC(C)(C)NC(=O)C(N)Cc1c[nH]c2ccccc12. The van der Waals surface area contributed by atoms with E-state index in [1.165, 1.54) is 0 Å². The van der Waals surface area contributed by atoms with Crippen LogP contribution in [0.4, 0.5) is 0 Å². The fraction of sp³-hybridized carbons (Fsp3) is 0.471. The number of rotatable bonds is 6. The molecular weight excluding hydrogens is 262 g/mol. The van der Waals surface area contributed by atoms with Crippen LogP contribution in [0.2, 0.25) is 0 Å². The Morgan fingerprint density at radius 1 is 1.38 bits per heavy atom. The number of H-pyrrole nitrogens is 1. The maximum absolute atomic E-state index is 12.2. The minimum atomic E-state index is -0.527. The fourth-order valence-electron chi connectivity index (χ4n) is 2.74. The van der Waals surface area contributed by atoms with E-state index in [1.807, 2.05) is 44.3 Å². The number of carbonyl (C=O) groups is 1. The Hall–Kier alpha value is -1.81. The molecule has 1 atom stereocenters. The second-order valence-electron chi connectivity index (χ2n) is 6.29. The number of para-hydroxylation sites is 1. The molecule has 0 saturated carbocycles. The van der Waals surface area contributed by atoms with Gasteiger partial charge in [-0.15, -0.1) is 0 Å². The van der Waals surface area contributed by atoms with E-state index < -0.39 is 6.04 Å². The van der Waals surface area contributed by atoms with E-state index in [1.54, 1.807) is 0 Å². The molecule has 0 saturated heterocycles. The van der Waals surface area contributed by atoms with Crippen molar-refractivity contribution in [2.24, 2.45) is 5.73 Å². The molecule has 4 N–H and O–H groups in total. The van der Waals surface area contributed by atoms with Gasteiger partial charge < -0.3 is 16.0 Å². The molecule has 21 heavy (non-hydrogen) atoms. The van der Waals surface area contributed by atoms with Gasteiger partial charge in [0.15, 0.2) is 0 Å². The Kier molecular flexibility index (Phi) is 4.68. The monoisotopic (exact) mass is 287 g/mol. The molecule has 1 aromatic heterocycles. The number of carbonyl (C=O) groups excluding carboxylic acids is 1. The van der Waals surface area contributed by atoms with Crippen molar-refractivity contribution in [2.45, 2.75) is 51.6 Å². The molecule has 0 fully saturated rings. The van der Waals surface area contributed by atoms with Crippen LogP contribution in [0.15, 0.2) is 30.5 Å². The normalized spacial score (nSPS) is 13.3. The van der Waals surface area contributed by atoms with Crippen LogP contribution in [0.3, 0.4) is 0 Å². The summed E-state index contributed by atoms with van der Waals surface area (Å²) in [5.41, 5.74) is 8.03. The summed E-state index contributed by atoms with van der Waals surface area (Å²) in [6.07, 6.45) is 4.45. The van der Waals surface area contributed by atoms with Gasteiger partial charge in [0, 0.05) is 22.6 Å². The van der Waals surface area contributed by atoms with Gasteiger partial charge >= 0.3 is 0 Å². The lowest BCUT2D eigenvalue weighted by Crippen LogP contribution is -2.51. The Bertz CT molecular complexity index is 615. The molecule has 1 aromatic carbocycles. The topological polar surface area (TPSA) is 70.9 Å². The Labute approximate surface area is 126 Å². The summed E-state index contributed by atoms with van der Waals surface area (Å²) in [5, 5.41) is 4.18. The van der Waals surface area contributed by atoms with Gasteiger partial charge in [-0.1, -0.05) is 31.5 Å². The minimum absolute atomic E-state index is 0.0845. The Morgan fingerprint density at radius 3 is 2.81 bits per heavy atom. The number of aromatic nitrogens is 1. The van der Waals surface area contributed by atoms with Crippen LogP contribution in [0.5, 0.6) is 0 Å². The van der Waals surface area contributed by atoms with E-state index in [4.69, 9.17) is 5.73 Å². The second kappa shape index (κ2) is 6.31. The summed E-state index contributed by atoms with van der Waals surface area (Å²) in [4.78, 5) is 15.5. The molecule has 0 bridgehead atoms. The molecular formula is C17H25N3O. The Balaban J connectivity index is 2.04. The molecule has 4 nitrogen and oxygen atoms in total. The average molecular weight is 287 g/mol. The van der Waals surface area contributed by atoms with Gasteiger partial charge in [-0.05, 0) is 38.3 Å². The second-order valence-corrected chi connectivity index (χ2v) is 6.29. The number of aromatic amines is 1. The van der Waals surface area contributed by atoms with Crippen molar-refractivity contribution in [2.75, 3.05) is 0 Å². The van der Waals surface area contributed by atoms with Crippen molar-refractivity contribution in [3.8, 4) is 0 Å². The van der Waals surface area contributed by atoms with Crippen LogP contribution < -0.4 is 11.1 Å². The fourth-order valence-corrected chi connectivity index (χ4v) is 2.74. The largest absolute Gasteiger partial charge is 0.361 e. The number of nitrogens with two attached hydrogens (primary N) is 1. The molecule has 2 rings (SSSR count). The Morgan fingerprint density at radius 2 is 2.10 bits per heavy atom. The van der Waals surface area contributed by atoms with E-state index in [2.05, 4.69) is 17.2 Å². The molecule has 1 amide bonds. The number of amides is 1. The first-order valence-electron chi connectivity index (χ1n) is 7.55. The molecule has 114 valence electrons. The highest BCUT2D eigenvalue weighted by atomic mass is 16.2. The van der Waals surface area contributed by atoms with Crippen molar-refractivity contribution in [3.05, 3.63) is 36.0 Å². The average Bonchev–Trinajstić information content (AvgIpc) is 2.81. The number of fused-ring (bicyclic) bond motifs is 1. The van der Waals surface area contributed by atoms with Crippen LogP contribution in [-0.4, -0.2) is 22.5 Å². The van der Waals surface area contributed by atoms with E-state index in [0.29, 0.717) is 6.42 Å². The van der Waals surface area contributed by atoms with Crippen LogP contribution in [0.25, 0.3) is 10.9 Å². The first kappa shape index (κ1) is 15.6. The van der Waals surface area contributed by atoms with E-state index in [0.717, 1.165) is 29.3 Å². The zero-order valence-corrected chi connectivity index (χ0v) is 13.1. The summed E-state index contributed by atoms with van der Waals surface area (Å²) in [7, 11) is 0. The van der Waals surface area contributed by atoms with Gasteiger partial charge in [-0.3, -0.25) is 4.79 Å². The van der Waals surface area contributed by atoms with Crippen molar-refractivity contribution in [1.29, 1.82) is 0 Å². The maximum Gasteiger partial charge on any atom is 0.237 e. The summed E-state index contributed by atoms with van der Waals surface area (Å²) in [6, 6.07) is 7.53. The minimum Gasteiger partial charge on any atom is -0.361 e. The van der Waals surface area contributed by atoms with Gasteiger partial charge in [0.05, 0.1) is 6.04 Å². The molecule has 0 aliphatic carbocycles. The molecule has 1 heterocycles. The summed E-state index contributed by atoms with van der Waals surface area (Å²) in [5.74, 6) is -0.0845. The number of nitrogens with one attached hydrogen (secondary N) is 2. The predicted molar refractivity (Wildman–Crippen MR) is 87.1 cm³/mol. The number of hydrogen-bond acceptors (Lipinski definition) is 2. The molecule has 0 spiro atoms.